The lowest BCUT2D eigenvalue weighted by molar-refractivity contribution is -0.152. The minimum absolute atomic E-state index is 0.0258. The van der Waals surface area contributed by atoms with Gasteiger partial charge < -0.3 is 14.9 Å². The summed E-state index contributed by atoms with van der Waals surface area (Å²) in [7, 11) is 0. The lowest BCUT2D eigenvalue weighted by Crippen LogP contribution is -2.52. The molecule has 1 amide bonds. The largest absolute Gasteiger partial charge is 0.481 e. The van der Waals surface area contributed by atoms with Gasteiger partial charge in [0, 0.05) is 36.9 Å². The lowest BCUT2D eigenvalue weighted by atomic mass is 9.78. The highest BCUT2D eigenvalue weighted by atomic mass is 35.5. The van der Waals surface area contributed by atoms with Gasteiger partial charge in [0.1, 0.15) is 0 Å². The summed E-state index contributed by atoms with van der Waals surface area (Å²) in [4.78, 5) is 28.3. The summed E-state index contributed by atoms with van der Waals surface area (Å²) >= 11 is 5.92. The van der Waals surface area contributed by atoms with Crippen LogP contribution in [0.25, 0.3) is 0 Å². The molecule has 1 aromatic carbocycles. The second-order valence-corrected chi connectivity index (χ2v) is 7.06. The van der Waals surface area contributed by atoms with Crippen molar-refractivity contribution in [2.24, 2.45) is 11.8 Å². The fraction of sp³-hybridized carbons (Fsp3) is 0.556. The number of aliphatic carboxylic acids is 1. The Morgan fingerprint density at radius 2 is 1.54 bits per heavy atom. The summed E-state index contributed by atoms with van der Waals surface area (Å²) in [6.07, 6.45) is 3.18. The molecule has 130 valence electrons. The van der Waals surface area contributed by atoms with Crippen LogP contribution < -0.4 is 4.90 Å². The van der Waals surface area contributed by atoms with Gasteiger partial charge in [-0.3, -0.25) is 9.59 Å². The average molecular weight is 351 g/mol. The zero-order valence-electron chi connectivity index (χ0n) is 13.7. The molecule has 2 atom stereocenters. The highest BCUT2D eigenvalue weighted by molar-refractivity contribution is 6.30. The highest BCUT2D eigenvalue weighted by Gasteiger charge is 2.38. The molecule has 2 aliphatic rings. The maximum Gasteiger partial charge on any atom is 0.307 e. The smallest absolute Gasteiger partial charge is 0.307 e. The van der Waals surface area contributed by atoms with Crippen molar-refractivity contribution in [2.75, 3.05) is 31.1 Å². The Labute approximate surface area is 147 Å². The Bertz CT molecular complexity index is 597. The van der Waals surface area contributed by atoms with Gasteiger partial charge in [0.25, 0.3) is 0 Å². The van der Waals surface area contributed by atoms with Crippen molar-refractivity contribution >= 4 is 29.2 Å². The number of piperazine rings is 1. The molecule has 1 saturated heterocycles. The standard InChI is InChI=1S/C18H23ClN2O3/c19-13-5-7-14(8-6-13)20-9-11-21(12-10-20)17(22)15-3-1-2-4-16(15)18(23)24/h5-8,15-16H,1-4,9-12H2,(H,23,24)/t15-,16-/m1/s1. The third-order valence-corrected chi connectivity index (χ3v) is 5.44. The van der Waals surface area contributed by atoms with Gasteiger partial charge in [-0.1, -0.05) is 24.4 Å². The van der Waals surface area contributed by atoms with Gasteiger partial charge >= 0.3 is 5.97 Å². The number of carboxylic acid groups (broad SMARTS) is 1. The first-order chi connectivity index (χ1) is 11.6. The summed E-state index contributed by atoms with van der Waals surface area (Å²) in [5.41, 5.74) is 1.10. The molecule has 3 rings (SSSR count). The molecule has 5 nitrogen and oxygen atoms in total. The molecule has 1 N–H and O–H groups in total. The van der Waals surface area contributed by atoms with E-state index in [0.29, 0.717) is 31.0 Å². The van der Waals surface area contributed by atoms with Gasteiger partial charge in [-0.2, -0.15) is 0 Å². The number of nitrogens with zero attached hydrogens (tertiary/aromatic N) is 2. The number of hydrogen-bond donors (Lipinski definition) is 1. The molecule has 6 heteroatoms. The van der Waals surface area contributed by atoms with Crippen LogP contribution in [0.1, 0.15) is 25.7 Å². The third kappa shape index (κ3) is 3.66. The predicted molar refractivity (Wildman–Crippen MR) is 93.3 cm³/mol. The van der Waals surface area contributed by atoms with Crippen LogP contribution in [-0.4, -0.2) is 48.1 Å². The first-order valence-electron chi connectivity index (χ1n) is 8.58. The number of anilines is 1. The molecule has 0 spiro atoms. The number of hydrogen-bond acceptors (Lipinski definition) is 3. The molecule has 0 bridgehead atoms. The molecule has 1 saturated carbocycles. The van der Waals surface area contributed by atoms with Crippen LogP contribution in [0.4, 0.5) is 5.69 Å². The van der Waals surface area contributed by atoms with E-state index in [4.69, 9.17) is 11.6 Å². The van der Waals surface area contributed by atoms with Crippen molar-refractivity contribution in [3.05, 3.63) is 29.3 Å². The lowest BCUT2D eigenvalue weighted by Gasteiger charge is -2.39. The van der Waals surface area contributed by atoms with E-state index in [1.807, 2.05) is 29.2 Å². The van der Waals surface area contributed by atoms with Crippen LogP contribution in [0, 0.1) is 11.8 Å². The number of carbonyl (C=O) groups excluding carboxylic acids is 1. The molecule has 1 aliphatic carbocycles. The van der Waals surface area contributed by atoms with Crippen LogP contribution in [0.3, 0.4) is 0 Å². The minimum atomic E-state index is -0.826. The Morgan fingerprint density at radius 1 is 0.958 bits per heavy atom. The molecule has 1 heterocycles. The van der Waals surface area contributed by atoms with E-state index >= 15 is 0 Å². The molecule has 0 aromatic heterocycles. The van der Waals surface area contributed by atoms with Gasteiger partial charge in [0.2, 0.25) is 5.91 Å². The number of carbonyl (C=O) groups is 2. The molecule has 24 heavy (non-hydrogen) atoms. The zero-order chi connectivity index (χ0) is 17.1. The van der Waals surface area contributed by atoms with Crippen LogP contribution >= 0.6 is 11.6 Å². The van der Waals surface area contributed by atoms with Crippen molar-refractivity contribution in [3.8, 4) is 0 Å². The fourth-order valence-corrected chi connectivity index (χ4v) is 3.92. The zero-order valence-corrected chi connectivity index (χ0v) is 14.4. The number of halogens is 1. The minimum Gasteiger partial charge on any atom is -0.481 e. The summed E-state index contributed by atoms with van der Waals surface area (Å²) in [5.74, 6) is -1.66. The Kier molecular flexibility index (Phi) is 5.29. The number of amides is 1. The van der Waals surface area contributed by atoms with Gasteiger partial charge in [-0.25, -0.2) is 0 Å². The normalized spacial score (nSPS) is 24.7. The summed E-state index contributed by atoms with van der Waals surface area (Å²) in [5, 5.41) is 10.1. The molecule has 1 aromatic rings. The van der Waals surface area contributed by atoms with Crippen LogP contribution in [0.5, 0.6) is 0 Å². The summed E-state index contributed by atoms with van der Waals surface area (Å²) in [6.45, 7) is 2.81. The predicted octanol–water partition coefficient (Wildman–Crippen LogP) is 2.88. The van der Waals surface area contributed by atoms with Crippen molar-refractivity contribution in [1.82, 2.24) is 4.90 Å². The van der Waals surface area contributed by atoms with Gasteiger partial charge in [0.15, 0.2) is 0 Å². The summed E-state index contributed by atoms with van der Waals surface area (Å²) in [6, 6.07) is 7.71. The van der Waals surface area contributed by atoms with Crippen molar-refractivity contribution in [1.29, 1.82) is 0 Å². The molecule has 2 fully saturated rings. The van der Waals surface area contributed by atoms with E-state index in [-0.39, 0.29) is 11.8 Å². The van der Waals surface area contributed by atoms with Crippen molar-refractivity contribution in [3.63, 3.8) is 0 Å². The fourth-order valence-electron chi connectivity index (χ4n) is 3.79. The van der Waals surface area contributed by atoms with E-state index in [1.54, 1.807) is 0 Å². The molecular weight excluding hydrogens is 328 g/mol. The maximum atomic E-state index is 12.8. The SMILES string of the molecule is O=C(O)[C@@H]1CCCC[C@H]1C(=O)N1CCN(c2ccc(Cl)cc2)CC1. The maximum absolute atomic E-state index is 12.8. The van der Waals surface area contributed by atoms with Crippen LogP contribution in [-0.2, 0) is 9.59 Å². The molecule has 0 radical (unpaired) electrons. The van der Waals surface area contributed by atoms with E-state index in [9.17, 15) is 14.7 Å². The second-order valence-electron chi connectivity index (χ2n) is 6.62. The van der Waals surface area contributed by atoms with Gasteiger partial charge in [0.05, 0.1) is 11.8 Å². The Balaban J connectivity index is 1.60. The Morgan fingerprint density at radius 3 is 2.12 bits per heavy atom. The third-order valence-electron chi connectivity index (χ3n) is 5.18. The number of rotatable bonds is 3. The van der Waals surface area contributed by atoms with E-state index in [1.165, 1.54) is 0 Å². The number of benzene rings is 1. The van der Waals surface area contributed by atoms with E-state index < -0.39 is 11.9 Å². The average Bonchev–Trinajstić information content (AvgIpc) is 2.62. The molecule has 0 unspecified atom stereocenters. The van der Waals surface area contributed by atoms with Crippen molar-refractivity contribution in [2.45, 2.75) is 25.7 Å². The van der Waals surface area contributed by atoms with Gasteiger partial charge in [-0.05, 0) is 37.1 Å². The van der Waals surface area contributed by atoms with Crippen LogP contribution in [0.2, 0.25) is 5.02 Å². The summed E-state index contributed by atoms with van der Waals surface area (Å²) < 4.78 is 0. The van der Waals surface area contributed by atoms with Crippen molar-refractivity contribution < 1.29 is 14.7 Å². The first kappa shape index (κ1) is 17.1. The number of carboxylic acids is 1. The molecular formula is C18H23ClN2O3. The van der Waals surface area contributed by atoms with Gasteiger partial charge in [-0.15, -0.1) is 0 Å². The first-order valence-corrected chi connectivity index (χ1v) is 8.96. The van der Waals surface area contributed by atoms with E-state index in [0.717, 1.165) is 31.6 Å². The quantitative estimate of drug-likeness (QED) is 0.910. The Hall–Kier alpha value is -1.75. The molecule has 1 aliphatic heterocycles. The monoisotopic (exact) mass is 350 g/mol. The van der Waals surface area contributed by atoms with E-state index in [2.05, 4.69) is 4.90 Å². The van der Waals surface area contributed by atoms with Crippen LogP contribution in [0.15, 0.2) is 24.3 Å². The second kappa shape index (κ2) is 7.43. The topological polar surface area (TPSA) is 60.9 Å². The highest BCUT2D eigenvalue weighted by Crippen LogP contribution is 2.32.